The Hall–Kier alpha value is -2.47. The lowest BCUT2D eigenvalue weighted by Gasteiger charge is -2.24. The van der Waals surface area contributed by atoms with Gasteiger partial charge >= 0.3 is 0 Å². The van der Waals surface area contributed by atoms with Crippen LogP contribution in [0.5, 0.6) is 0 Å². The molecule has 1 aromatic carbocycles. The number of fused-ring (bicyclic) bond motifs is 1. The number of aromatic nitrogens is 5. The van der Waals surface area contributed by atoms with Crippen LogP contribution in [0, 0.1) is 12.8 Å². The quantitative estimate of drug-likeness (QED) is 0.749. The molecular formula is C19H24N6. The van der Waals surface area contributed by atoms with Gasteiger partial charge in [0.1, 0.15) is 11.6 Å². The highest BCUT2D eigenvalue weighted by Crippen LogP contribution is 2.19. The lowest BCUT2D eigenvalue weighted by atomic mass is 9.99. The minimum Gasteiger partial charge on any atom is -0.315 e. The second-order valence-corrected chi connectivity index (χ2v) is 6.84. The van der Waals surface area contributed by atoms with Crippen LogP contribution >= 0.6 is 0 Å². The van der Waals surface area contributed by atoms with Crippen LogP contribution in [0.4, 0.5) is 0 Å². The topological polar surface area (TPSA) is 60.6 Å². The first-order chi connectivity index (χ1) is 12.3. The van der Waals surface area contributed by atoms with E-state index < -0.39 is 0 Å². The van der Waals surface area contributed by atoms with Crippen molar-refractivity contribution in [3.8, 4) is 0 Å². The molecule has 1 atom stereocenters. The van der Waals surface area contributed by atoms with Gasteiger partial charge in [-0.2, -0.15) is 5.10 Å². The largest absolute Gasteiger partial charge is 0.315 e. The molecule has 3 heterocycles. The predicted octanol–water partition coefficient (Wildman–Crippen LogP) is 2.18. The SMILES string of the molecule is Cc1nnc2n1C[C@H](CNCc1cnn(Cc3ccccc3)c1)CC2. The molecule has 0 amide bonds. The first-order valence-electron chi connectivity index (χ1n) is 8.92. The molecular weight excluding hydrogens is 312 g/mol. The maximum atomic E-state index is 4.47. The summed E-state index contributed by atoms with van der Waals surface area (Å²) in [5.74, 6) is 2.80. The smallest absolute Gasteiger partial charge is 0.133 e. The zero-order valence-corrected chi connectivity index (χ0v) is 14.6. The van der Waals surface area contributed by atoms with Gasteiger partial charge in [0.15, 0.2) is 0 Å². The Bertz CT molecular complexity index is 820. The summed E-state index contributed by atoms with van der Waals surface area (Å²) >= 11 is 0. The molecule has 0 saturated carbocycles. The number of hydrogen-bond donors (Lipinski definition) is 1. The summed E-state index contributed by atoms with van der Waals surface area (Å²) in [5, 5.41) is 16.5. The van der Waals surface area contributed by atoms with Gasteiger partial charge in [0.2, 0.25) is 0 Å². The van der Waals surface area contributed by atoms with E-state index in [9.17, 15) is 0 Å². The molecule has 0 bridgehead atoms. The zero-order valence-electron chi connectivity index (χ0n) is 14.6. The molecule has 6 nitrogen and oxygen atoms in total. The highest BCUT2D eigenvalue weighted by molar-refractivity contribution is 5.15. The molecule has 0 fully saturated rings. The summed E-state index contributed by atoms with van der Waals surface area (Å²) in [6.45, 7) is 5.75. The highest BCUT2D eigenvalue weighted by atomic mass is 15.3. The molecule has 1 aliphatic rings. The van der Waals surface area contributed by atoms with E-state index in [2.05, 4.69) is 55.6 Å². The molecule has 1 aliphatic heterocycles. The third kappa shape index (κ3) is 3.79. The van der Waals surface area contributed by atoms with Gasteiger partial charge in [-0.05, 0) is 31.4 Å². The fourth-order valence-corrected chi connectivity index (χ4v) is 3.47. The molecule has 2 aromatic heterocycles. The fraction of sp³-hybridized carbons (Fsp3) is 0.421. The summed E-state index contributed by atoms with van der Waals surface area (Å²) in [5.41, 5.74) is 2.50. The van der Waals surface area contributed by atoms with Gasteiger partial charge in [-0.1, -0.05) is 30.3 Å². The third-order valence-electron chi connectivity index (χ3n) is 4.87. The van der Waals surface area contributed by atoms with E-state index in [0.29, 0.717) is 5.92 Å². The molecule has 0 saturated heterocycles. The number of rotatable bonds is 6. The molecule has 4 rings (SSSR count). The van der Waals surface area contributed by atoms with E-state index in [1.54, 1.807) is 0 Å². The standard InChI is InChI=1S/C19H24N6/c1-15-22-23-19-8-7-17(14-25(15)19)9-20-10-18-11-21-24(13-18)12-16-5-3-2-4-6-16/h2-6,11,13,17,20H,7-10,12,14H2,1H3/t17-/m0/s1. The van der Waals surface area contributed by atoms with Crippen molar-refractivity contribution in [1.82, 2.24) is 29.9 Å². The second-order valence-electron chi connectivity index (χ2n) is 6.84. The maximum Gasteiger partial charge on any atom is 0.133 e. The lowest BCUT2D eigenvalue weighted by Crippen LogP contribution is -2.30. The number of nitrogens with one attached hydrogen (secondary N) is 1. The number of aryl methyl sites for hydroxylation is 2. The molecule has 0 aliphatic carbocycles. The van der Waals surface area contributed by atoms with Crippen molar-refractivity contribution in [3.05, 3.63) is 65.5 Å². The molecule has 1 N–H and O–H groups in total. The van der Waals surface area contributed by atoms with Crippen LogP contribution in [0.1, 0.15) is 29.2 Å². The monoisotopic (exact) mass is 336 g/mol. The van der Waals surface area contributed by atoms with Crippen LogP contribution in [0.25, 0.3) is 0 Å². The van der Waals surface area contributed by atoms with Crippen LogP contribution in [0.2, 0.25) is 0 Å². The summed E-state index contributed by atoms with van der Waals surface area (Å²) in [4.78, 5) is 0. The van der Waals surface area contributed by atoms with E-state index in [1.807, 2.05) is 23.9 Å². The fourth-order valence-electron chi connectivity index (χ4n) is 3.47. The van der Waals surface area contributed by atoms with Crippen molar-refractivity contribution in [2.75, 3.05) is 6.54 Å². The number of nitrogens with zero attached hydrogens (tertiary/aromatic N) is 5. The minimum atomic E-state index is 0.640. The molecule has 6 heteroatoms. The van der Waals surface area contributed by atoms with Gasteiger partial charge < -0.3 is 9.88 Å². The van der Waals surface area contributed by atoms with Crippen molar-refractivity contribution in [1.29, 1.82) is 0 Å². The molecule has 25 heavy (non-hydrogen) atoms. The normalized spacial score (nSPS) is 16.8. The molecule has 0 radical (unpaired) electrons. The molecule has 3 aromatic rings. The van der Waals surface area contributed by atoms with E-state index in [0.717, 1.165) is 44.2 Å². The Morgan fingerprint density at radius 1 is 1.16 bits per heavy atom. The van der Waals surface area contributed by atoms with E-state index in [4.69, 9.17) is 0 Å². The number of hydrogen-bond acceptors (Lipinski definition) is 4. The van der Waals surface area contributed by atoms with Gasteiger partial charge in [0.05, 0.1) is 12.7 Å². The van der Waals surface area contributed by atoms with Crippen LogP contribution in [0.15, 0.2) is 42.7 Å². The molecule has 0 spiro atoms. The van der Waals surface area contributed by atoms with E-state index in [-0.39, 0.29) is 0 Å². The van der Waals surface area contributed by atoms with Crippen LogP contribution in [-0.2, 0) is 26.1 Å². The minimum absolute atomic E-state index is 0.640. The van der Waals surface area contributed by atoms with Gasteiger partial charge in [-0.15, -0.1) is 10.2 Å². The van der Waals surface area contributed by atoms with Gasteiger partial charge in [0.25, 0.3) is 0 Å². The summed E-state index contributed by atoms with van der Waals surface area (Å²) in [7, 11) is 0. The first kappa shape index (κ1) is 16.0. The van der Waals surface area contributed by atoms with E-state index in [1.165, 1.54) is 17.5 Å². The summed E-state index contributed by atoms with van der Waals surface area (Å²) in [6.07, 6.45) is 6.29. The van der Waals surface area contributed by atoms with Gasteiger partial charge in [-0.25, -0.2) is 0 Å². The first-order valence-corrected chi connectivity index (χ1v) is 8.92. The van der Waals surface area contributed by atoms with Crippen molar-refractivity contribution >= 4 is 0 Å². The average molecular weight is 336 g/mol. The Balaban J connectivity index is 1.26. The lowest BCUT2D eigenvalue weighted by molar-refractivity contribution is 0.344. The van der Waals surface area contributed by atoms with Crippen molar-refractivity contribution < 1.29 is 0 Å². The Kier molecular flexibility index (Phi) is 4.61. The van der Waals surface area contributed by atoms with E-state index >= 15 is 0 Å². The second kappa shape index (κ2) is 7.19. The highest BCUT2D eigenvalue weighted by Gasteiger charge is 2.21. The Morgan fingerprint density at radius 2 is 2.04 bits per heavy atom. The summed E-state index contributed by atoms with van der Waals surface area (Å²) in [6, 6.07) is 10.4. The molecule has 130 valence electrons. The van der Waals surface area contributed by atoms with Gasteiger partial charge in [-0.3, -0.25) is 4.68 Å². The third-order valence-corrected chi connectivity index (χ3v) is 4.87. The van der Waals surface area contributed by atoms with Crippen LogP contribution in [0.3, 0.4) is 0 Å². The van der Waals surface area contributed by atoms with Crippen LogP contribution in [-0.4, -0.2) is 31.1 Å². The Labute approximate surface area is 147 Å². The van der Waals surface area contributed by atoms with Gasteiger partial charge in [0, 0.05) is 31.3 Å². The number of benzene rings is 1. The predicted molar refractivity (Wildman–Crippen MR) is 96.0 cm³/mol. The average Bonchev–Trinajstić information content (AvgIpc) is 3.23. The summed E-state index contributed by atoms with van der Waals surface area (Å²) < 4.78 is 4.26. The van der Waals surface area contributed by atoms with Crippen molar-refractivity contribution in [2.45, 2.75) is 39.4 Å². The zero-order chi connectivity index (χ0) is 17.1. The van der Waals surface area contributed by atoms with Crippen LogP contribution < -0.4 is 5.32 Å². The van der Waals surface area contributed by atoms with Crippen molar-refractivity contribution in [3.63, 3.8) is 0 Å². The maximum absolute atomic E-state index is 4.47. The Morgan fingerprint density at radius 3 is 2.92 bits per heavy atom. The molecule has 0 unspecified atom stereocenters. The van der Waals surface area contributed by atoms with Crippen molar-refractivity contribution in [2.24, 2.45) is 5.92 Å².